The predicted octanol–water partition coefficient (Wildman–Crippen LogP) is 4.63. The van der Waals surface area contributed by atoms with E-state index in [4.69, 9.17) is 0 Å². The molecule has 0 aromatic heterocycles. The first-order chi connectivity index (χ1) is 9.59. The highest BCUT2D eigenvalue weighted by atomic mass is 19.1. The molecule has 3 heteroatoms. The molecule has 0 aliphatic heterocycles. The average Bonchev–Trinajstić information content (AvgIpc) is 2.62. The van der Waals surface area contributed by atoms with Gasteiger partial charge in [-0.25, -0.2) is 8.78 Å². The van der Waals surface area contributed by atoms with Crippen molar-refractivity contribution in [1.82, 2.24) is 5.32 Å². The third kappa shape index (κ3) is 3.78. The summed E-state index contributed by atoms with van der Waals surface area (Å²) < 4.78 is 28.2. The summed E-state index contributed by atoms with van der Waals surface area (Å²) in [6, 6.07) is 4.63. The first kappa shape index (κ1) is 15.4. The van der Waals surface area contributed by atoms with E-state index in [1.165, 1.54) is 24.6 Å². The molecule has 1 N–H and O–H groups in total. The van der Waals surface area contributed by atoms with E-state index < -0.39 is 0 Å². The monoisotopic (exact) mass is 281 g/mol. The number of hydrogen-bond acceptors (Lipinski definition) is 1. The molecule has 2 unspecified atom stereocenters. The molecule has 0 radical (unpaired) electrons. The summed E-state index contributed by atoms with van der Waals surface area (Å²) in [4.78, 5) is 0. The van der Waals surface area contributed by atoms with E-state index in [2.05, 4.69) is 19.2 Å². The third-order valence-corrected chi connectivity index (χ3v) is 4.32. The molecule has 0 spiro atoms. The van der Waals surface area contributed by atoms with E-state index in [1.54, 1.807) is 0 Å². The van der Waals surface area contributed by atoms with Crippen molar-refractivity contribution in [3.63, 3.8) is 0 Å². The van der Waals surface area contributed by atoms with Crippen LogP contribution in [0.1, 0.15) is 57.4 Å². The van der Waals surface area contributed by atoms with Crippen LogP contribution in [0.2, 0.25) is 0 Å². The van der Waals surface area contributed by atoms with Crippen LogP contribution in [0.4, 0.5) is 8.78 Å². The molecule has 112 valence electrons. The molecule has 1 aliphatic rings. The summed E-state index contributed by atoms with van der Waals surface area (Å²) in [7, 11) is 0. The molecule has 1 aromatic rings. The summed E-state index contributed by atoms with van der Waals surface area (Å²) in [5.41, 5.74) is 0.310. The predicted molar refractivity (Wildman–Crippen MR) is 78.8 cm³/mol. The lowest BCUT2D eigenvalue weighted by atomic mass is 9.81. The van der Waals surface area contributed by atoms with Crippen molar-refractivity contribution in [2.24, 2.45) is 5.92 Å². The standard InChI is InChI=1S/C17H25F2N/c1-12(2)20-11-13-7-4-3-5-8-14(13)17-15(18)9-6-10-16(17)19/h6,9-10,12-14,20H,3-5,7-8,11H2,1-2H3. The van der Waals surface area contributed by atoms with Crippen LogP contribution in [0.25, 0.3) is 0 Å². The van der Waals surface area contributed by atoms with Crippen LogP contribution in [0.15, 0.2) is 18.2 Å². The second-order valence-corrected chi connectivity index (χ2v) is 6.20. The molecular formula is C17H25F2N. The SMILES string of the molecule is CC(C)NCC1CCCCCC1c1c(F)cccc1F. The summed E-state index contributed by atoms with van der Waals surface area (Å²) >= 11 is 0. The fourth-order valence-electron chi connectivity index (χ4n) is 3.26. The zero-order chi connectivity index (χ0) is 14.5. The van der Waals surface area contributed by atoms with Crippen molar-refractivity contribution in [3.8, 4) is 0 Å². The zero-order valence-corrected chi connectivity index (χ0v) is 12.5. The summed E-state index contributed by atoms with van der Waals surface area (Å²) in [6.45, 7) is 5.06. The van der Waals surface area contributed by atoms with Gasteiger partial charge >= 0.3 is 0 Å². The summed E-state index contributed by atoms with van der Waals surface area (Å²) in [5, 5.41) is 3.44. The molecule has 0 bridgehead atoms. The topological polar surface area (TPSA) is 12.0 Å². The van der Waals surface area contributed by atoms with Gasteiger partial charge < -0.3 is 5.32 Å². The first-order valence-corrected chi connectivity index (χ1v) is 7.77. The maximum atomic E-state index is 14.1. The molecule has 1 aliphatic carbocycles. The van der Waals surface area contributed by atoms with Crippen molar-refractivity contribution >= 4 is 0 Å². The maximum Gasteiger partial charge on any atom is 0.129 e. The molecule has 0 saturated heterocycles. The van der Waals surface area contributed by atoms with Gasteiger partial charge in [-0.3, -0.25) is 0 Å². The van der Waals surface area contributed by atoms with Gasteiger partial charge in [0.1, 0.15) is 11.6 Å². The Hall–Kier alpha value is -0.960. The molecule has 1 fully saturated rings. The van der Waals surface area contributed by atoms with E-state index in [0.29, 0.717) is 17.5 Å². The minimum atomic E-state index is -0.383. The van der Waals surface area contributed by atoms with Crippen LogP contribution >= 0.6 is 0 Å². The zero-order valence-electron chi connectivity index (χ0n) is 12.5. The van der Waals surface area contributed by atoms with Gasteiger partial charge in [0.15, 0.2) is 0 Å². The highest BCUT2D eigenvalue weighted by molar-refractivity contribution is 5.25. The molecule has 2 rings (SSSR count). The van der Waals surface area contributed by atoms with Gasteiger partial charge in [-0.15, -0.1) is 0 Å². The van der Waals surface area contributed by atoms with Crippen LogP contribution in [0, 0.1) is 17.6 Å². The number of rotatable bonds is 4. The minimum absolute atomic E-state index is 0.00458. The van der Waals surface area contributed by atoms with Crippen LogP contribution in [0.5, 0.6) is 0 Å². The van der Waals surface area contributed by atoms with Crippen molar-refractivity contribution < 1.29 is 8.78 Å². The van der Waals surface area contributed by atoms with Gasteiger partial charge in [-0.2, -0.15) is 0 Å². The fourth-order valence-corrected chi connectivity index (χ4v) is 3.26. The van der Waals surface area contributed by atoms with Crippen LogP contribution < -0.4 is 5.32 Å². The second kappa shape index (κ2) is 7.16. The van der Waals surface area contributed by atoms with Gasteiger partial charge in [-0.1, -0.05) is 39.2 Å². The Morgan fingerprint density at radius 3 is 2.40 bits per heavy atom. The number of nitrogens with one attached hydrogen (secondary N) is 1. The lowest BCUT2D eigenvalue weighted by Gasteiger charge is -2.27. The van der Waals surface area contributed by atoms with Gasteiger partial charge in [0.25, 0.3) is 0 Å². The molecule has 1 saturated carbocycles. The van der Waals surface area contributed by atoms with Crippen molar-refractivity contribution in [1.29, 1.82) is 0 Å². The van der Waals surface area contributed by atoms with Crippen molar-refractivity contribution in [2.75, 3.05) is 6.54 Å². The van der Waals surface area contributed by atoms with E-state index in [-0.39, 0.29) is 17.6 Å². The normalized spacial score (nSPS) is 23.9. The quantitative estimate of drug-likeness (QED) is 0.794. The smallest absolute Gasteiger partial charge is 0.129 e. The summed E-state index contributed by atoms with van der Waals surface area (Å²) in [5.74, 6) is -0.436. The fraction of sp³-hybridized carbons (Fsp3) is 0.647. The van der Waals surface area contributed by atoms with Crippen molar-refractivity contribution in [3.05, 3.63) is 35.4 Å². The van der Waals surface area contributed by atoms with Gasteiger partial charge in [-0.05, 0) is 43.4 Å². The minimum Gasteiger partial charge on any atom is -0.314 e. The van der Waals surface area contributed by atoms with Gasteiger partial charge in [0.2, 0.25) is 0 Å². The molecule has 2 atom stereocenters. The third-order valence-electron chi connectivity index (χ3n) is 4.32. The van der Waals surface area contributed by atoms with E-state index in [1.807, 2.05) is 0 Å². The highest BCUT2D eigenvalue weighted by Crippen LogP contribution is 2.38. The molecule has 20 heavy (non-hydrogen) atoms. The van der Waals surface area contributed by atoms with Crippen LogP contribution in [-0.4, -0.2) is 12.6 Å². The second-order valence-electron chi connectivity index (χ2n) is 6.20. The van der Waals surface area contributed by atoms with Crippen molar-refractivity contribution in [2.45, 2.75) is 57.9 Å². The molecule has 1 nitrogen and oxygen atoms in total. The Balaban J connectivity index is 2.23. The Labute approximate surface area is 120 Å². The lowest BCUT2D eigenvalue weighted by Crippen LogP contribution is -2.32. The highest BCUT2D eigenvalue weighted by Gasteiger charge is 2.29. The molecular weight excluding hydrogens is 256 g/mol. The van der Waals surface area contributed by atoms with E-state index in [9.17, 15) is 8.78 Å². The van der Waals surface area contributed by atoms with Crippen LogP contribution in [-0.2, 0) is 0 Å². The number of halogens is 2. The molecule has 1 aromatic carbocycles. The maximum absolute atomic E-state index is 14.1. The average molecular weight is 281 g/mol. The molecule has 0 amide bonds. The Morgan fingerprint density at radius 2 is 1.75 bits per heavy atom. The lowest BCUT2D eigenvalue weighted by molar-refractivity contribution is 0.346. The Kier molecular flexibility index (Phi) is 5.53. The Morgan fingerprint density at radius 1 is 1.10 bits per heavy atom. The van der Waals surface area contributed by atoms with E-state index in [0.717, 1.165) is 32.2 Å². The van der Waals surface area contributed by atoms with Gasteiger partial charge in [0.05, 0.1) is 0 Å². The Bertz CT molecular complexity index is 411. The van der Waals surface area contributed by atoms with E-state index >= 15 is 0 Å². The molecule has 0 heterocycles. The van der Waals surface area contributed by atoms with Crippen LogP contribution in [0.3, 0.4) is 0 Å². The number of benzene rings is 1. The first-order valence-electron chi connectivity index (χ1n) is 7.77. The largest absolute Gasteiger partial charge is 0.314 e. The number of hydrogen-bond donors (Lipinski definition) is 1. The van der Waals surface area contributed by atoms with Gasteiger partial charge in [0, 0.05) is 11.6 Å². The summed E-state index contributed by atoms with van der Waals surface area (Å²) in [6.07, 6.45) is 5.35.